The number of piperidine rings is 1. The molecule has 0 saturated carbocycles. The van der Waals surface area contributed by atoms with Crippen LogP contribution in [-0.2, 0) is 19.1 Å². The van der Waals surface area contributed by atoms with Crippen LogP contribution < -0.4 is 5.32 Å². The van der Waals surface area contributed by atoms with E-state index in [1.807, 2.05) is 5.32 Å². The number of hydrogen-bond acceptors (Lipinski definition) is 5. The molecule has 0 aliphatic carbocycles. The van der Waals surface area contributed by atoms with Crippen LogP contribution in [0.3, 0.4) is 0 Å². The van der Waals surface area contributed by atoms with Crippen LogP contribution in [-0.4, -0.2) is 59.2 Å². The van der Waals surface area contributed by atoms with Crippen LogP contribution in [0.4, 0.5) is 13.2 Å². The molecular weight excluding hydrogens is 385 g/mol. The molecule has 146 valence electrons. The van der Waals surface area contributed by atoms with Crippen molar-refractivity contribution < 1.29 is 32.3 Å². The molecule has 2 fully saturated rings. The molecule has 2 amide bonds. The molecule has 6 nitrogen and oxygen atoms in total. The van der Waals surface area contributed by atoms with E-state index in [2.05, 4.69) is 0 Å². The summed E-state index contributed by atoms with van der Waals surface area (Å²) >= 11 is 1.38. The third-order valence-corrected chi connectivity index (χ3v) is 6.03. The summed E-state index contributed by atoms with van der Waals surface area (Å²) in [6.45, 7) is 0. The fourth-order valence-electron chi connectivity index (χ4n) is 3.46. The predicted octanol–water partition coefficient (Wildman–Crippen LogP) is 1.66. The van der Waals surface area contributed by atoms with Crippen LogP contribution in [0.25, 0.3) is 0 Å². The number of rotatable bonds is 3. The van der Waals surface area contributed by atoms with Crippen molar-refractivity contribution in [2.75, 3.05) is 12.9 Å². The summed E-state index contributed by atoms with van der Waals surface area (Å²) in [6, 6.07) is 6.31. The van der Waals surface area contributed by atoms with Gasteiger partial charge in [0.25, 0.3) is 0 Å². The van der Waals surface area contributed by atoms with Gasteiger partial charge in [0.2, 0.25) is 5.91 Å². The molecule has 10 heteroatoms. The first kappa shape index (κ1) is 19.5. The number of carbonyl (C=O) groups is 3. The molecule has 0 unspecified atom stereocenters. The minimum Gasteiger partial charge on any atom is -0.467 e. The molecule has 2 aliphatic heterocycles. The highest BCUT2D eigenvalue weighted by Gasteiger charge is 2.53. The molecular formula is C17H17F3N2O4S. The number of carbonyl (C=O) groups excluding carboxylic acids is 3. The lowest BCUT2D eigenvalue weighted by molar-refractivity contribution is -0.176. The van der Waals surface area contributed by atoms with Crippen molar-refractivity contribution in [3.8, 4) is 0 Å². The average molecular weight is 402 g/mol. The molecule has 2 saturated heterocycles. The number of fused-ring (bicyclic) bond motifs is 1. The molecule has 2 heterocycles. The van der Waals surface area contributed by atoms with Crippen molar-refractivity contribution in [2.24, 2.45) is 0 Å². The Hall–Kier alpha value is -2.23. The normalized spacial score (nSPS) is 27.9. The maximum atomic E-state index is 13.0. The van der Waals surface area contributed by atoms with Crippen molar-refractivity contribution in [1.82, 2.24) is 10.2 Å². The zero-order valence-corrected chi connectivity index (χ0v) is 15.0. The Morgan fingerprint density at radius 1 is 1.26 bits per heavy atom. The van der Waals surface area contributed by atoms with Crippen LogP contribution in [0.15, 0.2) is 30.3 Å². The van der Waals surface area contributed by atoms with E-state index in [1.54, 1.807) is 30.3 Å². The minimum atomic E-state index is -5.11. The highest BCUT2D eigenvalue weighted by Crippen LogP contribution is 2.43. The number of amides is 2. The van der Waals surface area contributed by atoms with Crippen molar-refractivity contribution >= 4 is 29.5 Å². The molecule has 0 radical (unpaired) electrons. The van der Waals surface area contributed by atoms with Crippen molar-refractivity contribution in [3.05, 3.63) is 35.9 Å². The number of nitrogens with zero attached hydrogens (tertiary/aromatic N) is 1. The lowest BCUT2D eigenvalue weighted by Crippen LogP contribution is -2.61. The van der Waals surface area contributed by atoms with E-state index in [1.165, 1.54) is 23.8 Å². The Bertz CT molecular complexity index is 743. The summed E-state index contributed by atoms with van der Waals surface area (Å²) in [5.74, 6) is -3.85. The molecule has 1 aromatic rings. The lowest BCUT2D eigenvalue weighted by atomic mass is 9.84. The van der Waals surface area contributed by atoms with Gasteiger partial charge in [-0.2, -0.15) is 13.2 Å². The van der Waals surface area contributed by atoms with Gasteiger partial charge in [0.15, 0.2) is 0 Å². The quantitative estimate of drug-likeness (QED) is 0.779. The van der Waals surface area contributed by atoms with E-state index in [4.69, 9.17) is 4.74 Å². The second-order valence-corrected chi connectivity index (χ2v) is 7.49. The van der Waals surface area contributed by atoms with Gasteiger partial charge in [-0.3, -0.25) is 9.59 Å². The van der Waals surface area contributed by atoms with Gasteiger partial charge in [0.05, 0.1) is 12.5 Å². The van der Waals surface area contributed by atoms with Crippen LogP contribution >= 0.6 is 11.8 Å². The number of alkyl halides is 3. The maximum absolute atomic E-state index is 13.0. The number of esters is 1. The minimum absolute atomic E-state index is 0.296. The fraction of sp³-hybridized carbons (Fsp3) is 0.471. The smallest absolute Gasteiger partial charge is 0.467 e. The van der Waals surface area contributed by atoms with Crippen LogP contribution in [0.5, 0.6) is 0 Å². The molecule has 2 aliphatic rings. The summed E-state index contributed by atoms with van der Waals surface area (Å²) in [5.41, 5.74) is 0.653. The van der Waals surface area contributed by atoms with Gasteiger partial charge < -0.3 is 15.0 Å². The van der Waals surface area contributed by atoms with Gasteiger partial charge >= 0.3 is 18.1 Å². The summed E-state index contributed by atoms with van der Waals surface area (Å²) in [4.78, 5) is 37.7. The molecule has 1 aromatic carbocycles. The lowest BCUT2D eigenvalue weighted by Gasteiger charge is -2.41. The number of benzene rings is 1. The SMILES string of the molecule is COC(=O)[C@@H]1CS[C@H]2C[C@@H](c3ccccc3)[C@H](NC(=O)C(F)(F)F)C(=O)N21. The first-order valence-electron chi connectivity index (χ1n) is 8.18. The van der Waals surface area contributed by atoms with Gasteiger partial charge in [-0.25, -0.2) is 4.79 Å². The van der Waals surface area contributed by atoms with E-state index >= 15 is 0 Å². The van der Waals surface area contributed by atoms with Crippen molar-refractivity contribution in [1.29, 1.82) is 0 Å². The van der Waals surface area contributed by atoms with E-state index in [-0.39, 0.29) is 5.37 Å². The Labute approximate surface area is 157 Å². The summed E-state index contributed by atoms with van der Waals surface area (Å²) in [6.07, 6.45) is -4.80. The van der Waals surface area contributed by atoms with Gasteiger partial charge in [0, 0.05) is 11.7 Å². The third kappa shape index (κ3) is 3.76. The highest BCUT2D eigenvalue weighted by molar-refractivity contribution is 8.00. The molecule has 1 N–H and O–H groups in total. The second kappa shape index (κ2) is 7.41. The largest absolute Gasteiger partial charge is 0.471 e. The zero-order valence-electron chi connectivity index (χ0n) is 14.2. The molecule has 27 heavy (non-hydrogen) atoms. The number of nitrogens with one attached hydrogen (secondary N) is 1. The van der Waals surface area contributed by atoms with Gasteiger partial charge in [-0.05, 0) is 12.0 Å². The van der Waals surface area contributed by atoms with Crippen LogP contribution in [0.1, 0.15) is 17.9 Å². The van der Waals surface area contributed by atoms with E-state index < -0.39 is 42.0 Å². The number of halogens is 3. The summed E-state index contributed by atoms with van der Waals surface area (Å²) < 4.78 is 43.0. The van der Waals surface area contributed by atoms with Crippen LogP contribution in [0, 0.1) is 0 Å². The van der Waals surface area contributed by atoms with E-state index in [0.29, 0.717) is 17.7 Å². The van der Waals surface area contributed by atoms with Gasteiger partial charge in [-0.1, -0.05) is 30.3 Å². The van der Waals surface area contributed by atoms with Crippen LogP contribution in [0.2, 0.25) is 0 Å². The first-order chi connectivity index (χ1) is 12.7. The number of thioether (sulfide) groups is 1. The average Bonchev–Trinajstić information content (AvgIpc) is 3.07. The predicted molar refractivity (Wildman–Crippen MR) is 90.7 cm³/mol. The van der Waals surface area contributed by atoms with E-state index in [0.717, 1.165) is 0 Å². The second-order valence-electron chi connectivity index (χ2n) is 6.27. The Morgan fingerprint density at radius 2 is 1.93 bits per heavy atom. The maximum Gasteiger partial charge on any atom is 0.471 e. The molecule has 4 atom stereocenters. The number of methoxy groups -OCH3 is 1. The number of hydrogen-bond donors (Lipinski definition) is 1. The summed E-state index contributed by atoms with van der Waals surface area (Å²) in [5, 5.41) is 1.46. The Balaban J connectivity index is 1.94. The molecule has 3 rings (SSSR count). The summed E-state index contributed by atoms with van der Waals surface area (Å²) in [7, 11) is 1.18. The van der Waals surface area contributed by atoms with Gasteiger partial charge in [0.1, 0.15) is 12.1 Å². The fourth-order valence-corrected chi connectivity index (χ4v) is 4.91. The van der Waals surface area contributed by atoms with E-state index in [9.17, 15) is 27.6 Å². The highest BCUT2D eigenvalue weighted by atomic mass is 32.2. The van der Waals surface area contributed by atoms with Crippen molar-refractivity contribution in [3.63, 3.8) is 0 Å². The third-order valence-electron chi connectivity index (χ3n) is 4.72. The zero-order chi connectivity index (χ0) is 19.8. The molecule has 0 bridgehead atoms. The van der Waals surface area contributed by atoms with Crippen molar-refractivity contribution in [2.45, 2.75) is 36.0 Å². The van der Waals surface area contributed by atoms with Gasteiger partial charge in [-0.15, -0.1) is 11.8 Å². The standard InChI is InChI=1S/C17H17F3N2O4S/c1-26-15(24)11-8-27-12-7-10(9-5-3-2-4-6-9)13(14(23)22(11)12)21-16(25)17(18,19)20/h2-6,10-13H,7-8H2,1H3,(H,21,25)/t10-,11-,12-,13-/m0/s1. The monoisotopic (exact) mass is 402 g/mol. The molecule has 0 aromatic heterocycles. The Kier molecular flexibility index (Phi) is 5.36. The molecule has 0 spiro atoms. The number of ether oxygens (including phenoxy) is 1. The topological polar surface area (TPSA) is 75.7 Å². The Morgan fingerprint density at radius 3 is 2.52 bits per heavy atom. The first-order valence-corrected chi connectivity index (χ1v) is 9.23.